The van der Waals surface area contributed by atoms with Gasteiger partial charge >= 0.3 is 0 Å². The first-order chi connectivity index (χ1) is 8.69. The van der Waals surface area contributed by atoms with E-state index in [1.165, 1.54) is 0 Å². The third kappa shape index (κ3) is 3.96. The fourth-order valence-corrected chi connectivity index (χ4v) is 1.39. The van der Waals surface area contributed by atoms with Crippen molar-refractivity contribution >= 4 is 0 Å². The lowest BCUT2D eigenvalue weighted by molar-refractivity contribution is -0.0621. The molecule has 0 fully saturated rings. The Balaban J connectivity index is 2.44. The predicted molar refractivity (Wildman–Crippen MR) is 66.3 cm³/mol. The number of aliphatic hydroxyl groups is 3. The lowest BCUT2D eigenvalue weighted by Gasteiger charge is -2.26. The minimum absolute atomic E-state index is 0.0997. The van der Waals surface area contributed by atoms with Gasteiger partial charge in [0, 0.05) is 0 Å². The lowest BCUT2D eigenvalue weighted by Crippen LogP contribution is -2.38. The molecule has 3 N–H and O–H groups in total. The van der Waals surface area contributed by atoms with E-state index in [0.717, 1.165) is 11.3 Å². The van der Waals surface area contributed by atoms with Crippen molar-refractivity contribution in [3.63, 3.8) is 0 Å². The van der Waals surface area contributed by atoms with Gasteiger partial charge in [-0.25, -0.2) is 0 Å². The first-order valence-corrected chi connectivity index (χ1v) is 5.73. The van der Waals surface area contributed by atoms with E-state index in [1.807, 2.05) is 24.3 Å². The van der Waals surface area contributed by atoms with Crippen molar-refractivity contribution in [1.29, 1.82) is 0 Å². The maximum Gasteiger partial charge on any atom is 0.118 e. The number of ether oxygens (including phenoxy) is 2. The van der Waals surface area contributed by atoms with Crippen molar-refractivity contribution in [3.8, 4) is 5.75 Å². The summed E-state index contributed by atoms with van der Waals surface area (Å²) >= 11 is 0. The number of aliphatic hydroxyl groups excluding tert-OH is 3. The van der Waals surface area contributed by atoms with Crippen molar-refractivity contribution in [2.45, 2.75) is 6.61 Å². The minimum atomic E-state index is -0.980. The first-order valence-electron chi connectivity index (χ1n) is 5.73. The average molecular weight is 256 g/mol. The Labute approximate surface area is 107 Å². The van der Waals surface area contributed by atoms with Gasteiger partial charge in [0.15, 0.2) is 0 Å². The zero-order valence-corrected chi connectivity index (χ0v) is 10.5. The fourth-order valence-electron chi connectivity index (χ4n) is 1.39. The largest absolute Gasteiger partial charge is 0.497 e. The van der Waals surface area contributed by atoms with Gasteiger partial charge in [0.1, 0.15) is 5.75 Å². The Morgan fingerprint density at radius 2 is 1.56 bits per heavy atom. The molecule has 0 spiro atoms. The van der Waals surface area contributed by atoms with Gasteiger partial charge < -0.3 is 24.8 Å². The van der Waals surface area contributed by atoms with Crippen LogP contribution < -0.4 is 4.74 Å². The molecule has 102 valence electrons. The molecule has 0 bridgehead atoms. The van der Waals surface area contributed by atoms with Crippen molar-refractivity contribution in [2.75, 3.05) is 33.5 Å². The maximum absolute atomic E-state index is 9.13. The molecule has 1 aromatic carbocycles. The highest BCUT2D eigenvalue weighted by atomic mass is 16.5. The fraction of sp³-hybridized carbons (Fsp3) is 0.538. The summed E-state index contributed by atoms with van der Waals surface area (Å²) in [5.41, 5.74) is -0.0227. The second-order valence-electron chi connectivity index (χ2n) is 4.32. The third-order valence-electron chi connectivity index (χ3n) is 2.84. The summed E-state index contributed by atoms with van der Waals surface area (Å²) in [5, 5.41) is 27.4. The molecule has 5 nitrogen and oxygen atoms in total. The summed E-state index contributed by atoms with van der Waals surface area (Å²) in [6.07, 6.45) is 0. The van der Waals surface area contributed by atoms with Gasteiger partial charge in [-0.2, -0.15) is 0 Å². The molecular weight excluding hydrogens is 236 g/mol. The molecule has 0 saturated carbocycles. The van der Waals surface area contributed by atoms with Crippen LogP contribution in [0.4, 0.5) is 0 Å². The summed E-state index contributed by atoms with van der Waals surface area (Å²) in [6.45, 7) is -0.498. The lowest BCUT2D eigenvalue weighted by atomic mass is 9.93. The second kappa shape index (κ2) is 7.33. The molecule has 0 radical (unpaired) electrons. The Bertz CT molecular complexity index is 323. The van der Waals surface area contributed by atoms with E-state index in [9.17, 15) is 0 Å². The topological polar surface area (TPSA) is 79.2 Å². The standard InChI is InChI=1S/C13H20O5/c1-17-12-4-2-11(3-5-12)6-18-10-13(7-14,8-15)9-16/h2-5,14-16H,6-10H2,1H3. The predicted octanol–water partition coefficient (Wildman–Crippen LogP) is 0.175. The Kier molecular flexibility index (Phi) is 6.07. The molecule has 5 heteroatoms. The summed E-state index contributed by atoms with van der Waals surface area (Å²) < 4.78 is 10.5. The van der Waals surface area contributed by atoms with E-state index in [-0.39, 0.29) is 26.4 Å². The highest BCUT2D eigenvalue weighted by Crippen LogP contribution is 2.17. The maximum atomic E-state index is 9.13. The van der Waals surface area contributed by atoms with Crippen LogP contribution in [0.5, 0.6) is 5.75 Å². The summed E-state index contributed by atoms with van der Waals surface area (Å²) in [5.74, 6) is 0.772. The van der Waals surface area contributed by atoms with E-state index in [4.69, 9.17) is 24.8 Å². The van der Waals surface area contributed by atoms with E-state index < -0.39 is 5.41 Å². The smallest absolute Gasteiger partial charge is 0.118 e. The van der Waals surface area contributed by atoms with E-state index in [2.05, 4.69) is 0 Å². The monoisotopic (exact) mass is 256 g/mol. The van der Waals surface area contributed by atoms with Crippen LogP contribution in [-0.2, 0) is 11.3 Å². The van der Waals surface area contributed by atoms with Crippen molar-refractivity contribution in [2.24, 2.45) is 5.41 Å². The molecule has 0 aliphatic rings. The normalized spacial score (nSPS) is 11.6. The van der Waals surface area contributed by atoms with Crippen LogP contribution >= 0.6 is 0 Å². The van der Waals surface area contributed by atoms with Crippen LogP contribution in [0.2, 0.25) is 0 Å². The van der Waals surface area contributed by atoms with Gasteiger partial charge in [-0.1, -0.05) is 12.1 Å². The van der Waals surface area contributed by atoms with E-state index in [1.54, 1.807) is 7.11 Å². The van der Waals surface area contributed by atoms with Gasteiger partial charge in [0.2, 0.25) is 0 Å². The number of hydrogen-bond acceptors (Lipinski definition) is 5. The highest BCUT2D eigenvalue weighted by molar-refractivity contribution is 5.26. The van der Waals surface area contributed by atoms with Crippen LogP contribution in [0.15, 0.2) is 24.3 Å². The Hall–Kier alpha value is -1.14. The number of rotatable bonds is 8. The number of hydrogen-bond donors (Lipinski definition) is 3. The minimum Gasteiger partial charge on any atom is -0.497 e. The average Bonchev–Trinajstić information content (AvgIpc) is 2.45. The van der Waals surface area contributed by atoms with Gasteiger partial charge in [-0.05, 0) is 17.7 Å². The molecule has 1 rings (SSSR count). The van der Waals surface area contributed by atoms with Crippen LogP contribution in [0.1, 0.15) is 5.56 Å². The zero-order valence-electron chi connectivity index (χ0n) is 10.5. The molecule has 0 aromatic heterocycles. The Morgan fingerprint density at radius 1 is 1.00 bits per heavy atom. The first kappa shape index (κ1) is 14.9. The highest BCUT2D eigenvalue weighted by Gasteiger charge is 2.28. The third-order valence-corrected chi connectivity index (χ3v) is 2.84. The SMILES string of the molecule is COc1ccc(COCC(CO)(CO)CO)cc1. The van der Waals surface area contributed by atoms with Crippen molar-refractivity contribution < 1.29 is 24.8 Å². The molecular formula is C13H20O5. The summed E-state index contributed by atoms with van der Waals surface area (Å²) in [7, 11) is 1.60. The van der Waals surface area contributed by atoms with E-state index >= 15 is 0 Å². The molecule has 18 heavy (non-hydrogen) atoms. The molecule has 0 aliphatic carbocycles. The van der Waals surface area contributed by atoms with Crippen LogP contribution in [0, 0.1) is 5.41 Å². The van der Waals surface area contributed by atoms with Gasteiger partial charge in [0.25, 0.3) is 0 Å². The summed E-state index contributed by atoms with van der Waals surface area (Å²) in [6, 6.07) is 7.40. The molecule has 0 atom stereocenters. The zero-order chi connectivity index (χ0) is 13.4. The van der Waals surface area contributed by atoms with Gasteiger partial charge in [-0.3, -0.25) is 0 Å². The summed E-state index contributed by atoms with van der Waals surface area (Å²) in [4.78, 5) is 0. The molecule has 0 aliphatic heterocycles. The van der Waals surface area contributed by atoms with Gasteiger partial charge in [-0.15, -0.1) is 0 Å². The van der Waals surface area contributed by atoms with E-state index in [0.29, 0.717) is 6.61 Å². The quantitative estimate of drug-likeness (QED) is 0.618. The number of methoxy groups -OCH3 is 1. The van der Waals surface area contributed by atoms with Crippen molar-refractivity contribution in [3.05, 3.63) is 29.8 Å². The van der Waals surface area contributed by atoms with Crippen LogP contribution in [0.3, 0.4) is 0 Å². The molecule has 0 saturated heterocycles. The number of benzene rings is 1. The van der Waals surface area contributed by atoms with Crippen molar-refractivity contribution in [1.82, 2.24) is 0 Å². The van der Waals surface area contributed by atoms with Gasteiger partial charge in [0.05, 0.1) is 45.6 Å². The van der Waals surface area contributed by atoms with Crippen LogP contribution in [-0.4, -0.2) is 48.9 Å². The molecule has 0 unspecified atom stereocenters. The molecule has 0 heterocycles. The molecule has 0 amide bonds. The Morgan fingerprint density at radius 3 is 2.00 bits per heavy atom. The van der Waals surface area contributed by atoms with Crippen LogP contribution in [0.25, 0.3) is 0 Å². The molecule has 1 aromatic rings. The second-order valence-corrected chi connectivity index (χ2v) is 4.32.